The highest BCUT2D eigenvalue weighted by molar-refractivity contribution is 6.31. The molecule has 200 valence electrons. The number of aryl methyl sites for hydroxylation is 2. The number of nitrogens with zero attached hydrogens (tertiary/aromatic N) is 2. The molecule has 4 rings (SSSR count). The molecule has 0 unspecified atom stereocenters. The number of furan rings is 1. The second-order valence-corrected chi connectivity index (χ2v) is 9.74. The Balaban J connectivity index is 1.40. The van der Waals surface area contributed by atoms with Crippen molar-refractivity contribution >= 4 is 23.3 Å². The van der Waals surface area contributed by atoms with Gasteiger partial charge in [-0.05, 0) is 72.9 Å². The van der Waals surface area contributed by atoms with E-state index >= 15 is 0 Å². The molecule has 0 aliphatic rings. The molecule has 0 aliphatic carbocycles. The fourth-order valence-electron chi connectivity index (χ4n) is 3.90. The third-order valence-corrected chi connectivity index (χ3v) is 6.39. The van der Waals surface area contributed by atoms with Crippen LogP contribution in [0.5, 0.6) is 5.75 Å². The number of alkyl halides is 3. The summed E-state index contributed by atoms with van der Waals surface area (Å²) in [5.41, 5.74) is 2.26. The lowest BCUT2D eigenvalue weighted by Crippen LogP contribution is -2.12. The average Bonchev–Trinajstić information content (AvgIpc) is 3.45. The predicted octanol–water partition coefficient (Wildman–Crippen LogP) is 7.77. The summed E-state index contributed by atoms with van der Waals surface area (Å²) >= 11 is 6.26. The van der Waals surface area contributed by atoms with Crippen molar-refractivity contribution in [1.82, 2.24) is 9.78 Å². The van der Waals surface area contributed by atoms with Crippen LogP contribution in [0.25, 0.3) is 0 Å². The largest absolute Gasteiger partial charge is 0.485 e. The molecule has 0 radical (unpaired) electrons. The maximum Gasteiger partial charge on any atom is 0.416 e. The number of nitrogens with one attached hydrogen (secondary N) is 1. The lowest BCUT2D eigenvalue weighted by Gasteiger charge is -2.15. The standard InChI is InChI=1S/C28H27ClF3N3O3/c1-16(2)22-13-23(29)17(3)10-25(22)37-15-21-8-9-24(38-21)27(36)33-26-11-18(4)35(34-26)14-19-6-5-7-20(12-19)28(30,31)32/h5-13,16H,14-15H2,1-4H3,(H,33,34,36). The van der Waals surface area contributed by atoms with Crippen molar-refractivity contribution in [3.8, 4) is 5.75 Å². The van der Waals surface area contributed by atoms with Crippen molar-refractivity contribution in [2.45, 2.75) is 52.9 Å². The molecule has 1 N–H and O–H groups in total. The monoisotopic (exact) mass is 545 g/mol. The normalized spacial score (nSPS) is 11.7. The van der Waals surface area contributed by atoms with E-state index < -0.39 is 17.6 Å². The molecule has 0 fully saturated rings. The molecular weight excluding hydrogens is 519 g/mol. The van der Waals surface area contributed by atoms with Crippen molar-refractivity contribution in [2.24, 2.45) is 0 Å². The summed E-state index contributed by atoms with van der Waals surface area (Å²) in [6.07, 6.45) is -4.42. The van der Waals surface area contributed by atoms with E-state index in [2.05, 4.69) is 10.4 Å². The third-order valence-electron chi connectivity index (χ3n) is 5.98. The van der Waals surface area contributed by atoms with Gasteiger partial charge in [-0.2, -0.15) is 18.3 Å². The maximum atomic E-state index is 13.0. The summed E-state index contributed by atoms with van der Waals surface area (Å²) in [6.45, 7) is 7.99. The number of halogens is 4. The fraction of sp³-hybridized carbons (Fsp3) is 0.286. The van der Waals surface area contributed by atoms with Crippen LogP contribution in [-0.4, -0.2) is 15.7 Å². The number of anilines is 1. The van der Waals surface area contributed by atoms with E-state index in [0.717, 1.165) is 23.3 Å². The number of benzene rings is 2. The number of amides is 1. The molecule has 0 spiro atoms. The molecule has 10 heteroatoms. The number of carbonyl (C=O) groups excluding carboxylic acids is 1. The molecular formula is C28H27ClF3N3O3. The smallest absolute Gasteiger partial charge is 0.416 e. The van der Waals surface area contributed by atoms with Gasteiger partial charge in [-0.25, -0.2) is 0 Å². The quantitative estimate of drug-likeness (QED) is 0.245. The molecule has 38 heavy (non-hydrogen) atoms. The van der Waals surface area contributed by atoms with Crippen LogP contribution in [0.2, 0.25) is 5.02 Å². The average molecular weight is 546 g/mol. The van der Waals surface area contributed by atoms with E-state index in [1.807, 2.05) is 32.9 Å². The van der Waals surface area contributed by atoms with Gasteiger partial charge in [-0.15, -0.1) is 0 Å². The summed E-state index contributed by atoms with van der Waals surface area (Å²) in [5, 5.41) is 7.65. The van der Waals surface area contributed by atoms with E-state index in [1.165, 1.54) is 16.8 Å². The van der Waals surface area contributed by atoms with Crippen LogP contribution in [-0.2, 0) is 19.3 Å². The number of ether oxygens (including phenoxy) is 1. The maximum absolute atomic E-state index is 13.0. The van der Waals surface area contributed by atoms with E-state index in [-0.39, 0.29) is 30.6 Å². The number of hydrogen-bond donors (Lipinski definition) is 1. The van der Waals surface area contributed by atoms with Gasteiger partial charge in [0.25, 0.3) is 5.91 Å². The summed E-state index contributed by atoms with van der Waals surface area (Å²) in [6, 6.07) is 13.7. The van der Waals surface area contributed by atoms with Gasteiger partial charge >= 0.3 is 6.18 Å². The number of hydrogen-bond acceptors (Lipinski definition) is 4. The Morgan fingerprint density at radius 2 is 1.89 bits per heavy atom. The summed E-state index contributed by atoms with van der Waals surface area (Å²) in [5.74, 6) is 1.19. The third kappa shape index (κ3) is 6.39. The van der Waals surface area contributed by atoms with E-state index in [9.17, 15) is 18.0 Å². The van der Waals surface area contributed by atoms with Gasteiger partial charge in [-0.3, -0.25) is 9.48 Å². The van der Waals surface area contributed by atoms with Crippen LogP contribution in [0.1, 0.15) is 64.0 Å². The Morgan fingerprint density at radius 1 is 1.13 bits per heavy atom. The van der Waals surface area contributed by atoms with Gasteiger partial charge < -0.3 is 14.5 Å². The zero-order chi connectivity index (χ0) is 27.6. The van der Waals surface area contributed by atoms with Crippen molar-refractivity contribution in [1.29, 1.82) is 0 Å². The SMILES string of the molecule is Cc1cc(OCc2ccc(C(=O)Nc3cc(C)n(Cc4cccc(C(F)(F)F)c4)n3)o2)c(C(C)C)cc1Cl. The topological polar surface area (TPSA) is 69.3 Å². The van der Waals surface area contributed by atoms with Crippen molar-refractivity contribution in [2.75, 3.05) is 5.32 Å². The second-order valence-electron chi connectivity index (χ2n) is 9.33. The lowest BCUT2D eigenvalue weighted by molar-refractivity contribution is -0.137. The Bertz CT molecular complexity index is 1460. The van der Waals surface area contributed by atoms with Crippen molar-refractivity contribution in [3.05, 3.63) is 99.1 Å². The second kappa shape index (κ2) is 10.9. The molecule has 0 saturated carbocycles. The number of carbonyl (C=O) groups is 1. The Hall–Kier alpha value is -3.72. The first-order chi connectivity index (χ1) is 17.9. The highest BCUT2D eigenvalue weighted by atomic mass is 35.5. The van der Waals surface area contributed by atoms with E-state index in [0.29, 0.717) is 27.8 Å². The van der Waals surface area contributed by atoms with Crippen LogP contribution in [0, 0.1) is 13.8 Å². The first kappa shape index (κ1) is 27.3. The van der Waals surface area contributed by atoms with Gasteiger partial charge in [0.1, 0.15) is 18.1 Å². The summed E-state index contributed by atoms with van der Waals surface area (Å²) < 4.78 is 52.2. The van der Waals surface area contributed by atoms with Crippen LogP contribution >= 0.6 is 11.6 Å². The zero-order valence-corrected chi connectivity index (χ0v) is 22.1. The van der Waals surface area contributed by atoms with Crippen LogP contribution < -0.4 is 10.1 Å². The highest BCUT2D eigenvalue weighted by Crippen LogP contribution is 2.33. The molecule has 0 saturated heterocycles. The minimum Gasteiger partial charge on any atom is -0.485 e. The van der Waals surface area contributed by atoms with E-state index in [1.54, 1.807) is 25.1 Å². The fourth-order valence-corrected chi connectivity index (χ4v) is 4.07. The van der Waals surface area contributed by atoms with Crippen LogP contribution in [0.3, 0.4) is 0 Å². The molecule has 1 amide bonds. The van der Waals surface area contributed by atoms with Crippen molar-refractivity contribution < 1.29 is 27.1 Å². The van der Waals surface area contributed by atoms with Gasteiger partial charge in [0.2, 0.25) is 0 Å². The first-order valence-electron chi connectivity index (χ1n) is 11.9. The van der Waals surface area contributed by atoms with Crippen LogP contribution in [0.15, 0.2) is 59.0 Å². The summed E-state index contributed by atoms with van der Waals surface area (Å²) in [7, 11) is 0. The molecule has 4 aromatic rings. The van der Waals surface area contributed by atoms with Gasteiger partial charge in [0.05, 0.1) is 12.1 Å². The lowest BCUT2D eigenvalue weighted by atomic mass is 10.0. The number of aromatic nitrogens is 2. The molecule has 0 bridgehead atoms. The Labute approximate surface area is 223 Å². The van der Waals surface area contributed by atoms with Crippen molar-refractivity contribution in [3.63, 3.8) is 0 Å². The van der Waals surface area contributed by atoms with Gasteiger partial charge in [0, 0.05) is 16.8 Å². The highest BCUT2D eigenvalue weighted by Gasteiger charge is 2.30. The number of rotatable bonds is 8. The molecule has 6 nitrogen and oxygen atoms in total. The molecule has 0 atom stereocenters. The van der Waals surface area contributed by atoms with E-state index in [4.69, 9.17) is 20.8 Å². The van der Waals surface area contributed by atoms with Gasteiger partial charge in [-0.1, -0.05) is 37.6 Å². The van der Waals surface area contributed by atoms with Crippen LogP contribution in [0.4, 0.5) is 19.0 Å². The zero-order valence-electron chi connectivity index (χ0n) is 21.3. The Kier molecular flexibility index (Phi) is 7.87. The predicted molar refractivity (Wildman–Crippen MR) is 139 cm³/mol. The minimum absolute atomic E-state index is 0.0741. The first-order valence-corrected chi connectivity index (χ1v) is 12.3. The Morgan fingerprint density at radius 3 is 2.61 bits per heavy atom. The molecule has 0 aliphatic heterocycles. The summed E-state index contributed by atoms with van der Waals surface area (Å²) in [4.78, 5) is 12.7. The molecule has 2 aromatic carbocycles. The van der Waals surface area contributed by atoms with Gasteiger partial charge in [0.15, 0.2) is 11.6 Å². The molecule has 2 aromatic heterocycles. The minimum atomic E-state index is -4.42. The molecule has 2 heterocycles.